The van der Waals surface area contributed by atoms with Gasteiger partial charge in [-0.2, -0.15) is 0 Å². The molecule has 1 atom stereocenters. The summed E-state index contributed by atoms with van der Waals surface area (Å²) in [5.74, 6) is 0.740. The van der Waals surface area contributed by atoms with Crippen LogP contribution in [0.2, 0.25) is 10.0 Å². The van der Waals surface area contributed by atoms with Gasteiger partial charge in [0.25, 0.3) is 5.91 Å². The SMILES string of the molecule is CCCC1CCCN(C(=O)c2cc(N)c(Cl)c(Cl)c2)CC1. The zero-order valence-electron chi connectivity index (χ0n) is 12.4. The number of rotatable bonds is 3. The minimum Gasteiger partial charge on any atom is -0.397 e. The molecule has 1 aromatic rings. The first-order valence-corrected chi connectivity index (χ1v) is 8.32. The number of likely N-dealkylation sites (tertiary alicyclic amines) is 1. The van der Waals surface area contributed by atoms with Gasteiger partial charge in [-0.1, -0.05) is 43.0 Å². The number of anilines is 1. The van der Waals surface area contributed by atoms with E-state index in [2.05, 4.69) is 6.92 Å². The second-order valence-electron chi connectivity index (χ2n) is 5.74. The Bertz CT molecular complexity index is 496. The third kappa shape index (κ3) is 4.04. The molecule has 0 spiro atoms. The van der Waals surface area contributed by atoms with E-state index < -0.39 is 0 Å². The Morgan fingerprint density at radius 3 is 2.76 bits per heavy atom. The predicted molar refractivity (Wildman–Crippen MR) is 89.0 cm³/mol. The van der Waals surface area contributed by atoms with Crippen LogP contribution >= 0.6 is 23.2 Å². The van der Waals surface area contributed by atoms with Gasteiger partial charge in [-0.05, 0) is 37.3 Å². The Hall–Kier alpha value is -0.930. The molecule has 5 heteroatoms. The van der Waals surface area contributed by atoms with E-state index in [0.717, 1.165) is 31.8 Å². The van der Waals surface area contributed by atoms with Gasteiger partial charge in [0.05, 0.1) is 15.7 Å². The molecule has 0 saturated carbocycles. The summed E-state index contributed by atoms with van der Waals surface area (Å²) in [6.07, 6.45) is 5.81. The van der Waals surface area contributed by atoms with Crippen molar-refractivity contribution in [2.45, 2.75) is 39.0 Å². The van der Waals surface area contributed by atoms with E-state index in [0.29, 0.717) is 21.3 Å². The number of benzene rings is 1. The molecular weight excluding hydrogens is 307 g/mol. The maximum absolute atomic E-state index is 12.6. The Labute approximate surface area is 136 Å². The molecule has 1 amide bonds. The number of nitrogens with zero attached hydrogens (tertiary/aromatic N) is 1. The van der Waals surface area contributed by atoms with Crippen molar-refractivity contribution in [1.29, 1.82) is 0 Å². The molecule has 1 aliphatic heterocycles. The highest BCUT2D eigenvalue weighted by Crippen LogP contribution is 2.30. The number of hydrogen-bond acceptors (Lipinski definition) is 2. The molecule has 116 valence electrons. The lowest BCUT2D eigenvalue weighted by molar-refractivity contribution is 0.0760. The molecule has 1 saturated heterocycles. The summed E-state index contributed by atoms with van der Waals surface area (Å²) in [5, 5.41) is 0.644. The molecule has 1 fully saturated rings. The van der Waals surface area contributed by atoms with Gasteiger partial charge in [0.2, 0.25) is 0 Å². The van der Waals surface area contributed by atoms with Crippen molar-refractivity contribution in [1.82, 2.24) is 4.90 Å². The quantitative estimate of drug-likeness (QED) is 0.823. The average Bonchev–Trinajstić information content (AvgIpc) is 2.69. The monoisotopic (exact) mass is 328 g/mol. The first kappa shape index (κ1) is 16.4. The van der Waals surface area contributed by atoms with E-state index in [-0.39, 0.29) is 5.91 Å². The van der Waals surface area contributed by atoms with E-state index in [1.54, 1.807) is 12.1 Å². The molecule has 1 unspecified atom stereocenters. The van der Waals surface area contributed by atoms with Crippen molar-refractivity contribution in [3.63, 3.8) is 0 Å². The van der Waals surface area contributed by atoms with E-state index in [1.807, 2.05) is 4.90 Å². The van der Waals surface area contributed by atoms with Gasteiger partial charge in [-0.3, -0.25) is 4.79 Å². The van der Waals surface area contributed by atoms with Gasteiger partial charge in [-0.15, -0.1) is 0 Å². The smallest absolute Gasteiger partial charge is 0.253 e. The Kier molecular flexibility index (Phi) is 5.77. The Balaban J connectivity index is 2.09. The number of carbonyl (C=O) groups is 1. The van der Waals surface area contributed by atoms with Crippen LogP contribution < -0.4 is 5.73 Å². The fraction of sp³-hybridized carbons (Fsp3) is 0.562. The average molecular weight is 329 g/mol. The molecule has 0 bridgehead atoms. The number of hydrogen-bond donors (Lipinski definition) is 1. The lowest BCUT2D eigenvalue weighted by Crippen LogP contribution is -2.32. The summed E-state index contributed by atoms with van der Waals surface area (Å²) in [4.78, 5) is 14.5. The van der Waals surface area contributed by atoms with Crippen LogP contribution in [0.25, 0.3) is 0 Å². The fourth-order valence-corrected chi connectivity index (χ4v) is 3.32. The van der Waals surface area contributed by atoms with Crippen LogP contribution in [0.5, 0.6) is 0 Å². The number of carbonyl (C=O) groups excluding carboxylic acids is 1. The number of halogens is 2. The van der Waals surface area contributed by atoms with Gasteiger partial charge >= 0.3 is 0 Å². The highest BCUT2D eigenvalue weighted by molar-refractivity contribution is 6.43. The predicted octanol–water partition coefficient (Wildman–Crippen LogP) is 4.62. The molecule has 0 radical (unpaired) electrons. The second kappa shape index (κ2) is 7.37. The van der Waals surface area contributed by atoms with Crippen LogP contribution in [0, 0.1) is 5.92 Å². The van der Waals surface area contributed by atoms with E-state index in [4.69, 9.17) is 28.9 Å². The molecular formula is C16H22Cl2N2O. The first-order valence-electron chi connectivity index (χ1n) is 7.56. The molecule has 1 aromatic carbocycles. The topological polar surface area (TPSA) is 46.3 Å². The Morgan fingerprint density at radius 2 is 2.10 bits per heavy atom. The van der Waals surface area contributed by atoms with Crippen LogP contribution in [0.3, 0.4) is 0 Å². The summed E-state index contributed by atoms with van der Waals surface area (Å²) in [7, 11) is 0. The summed E-state index contributed by atoms with van der Waals surface area (Å²) >= 11 is 12.0. The summed E-state index contributed by atoms with van der Waals surface area (Å²) in [5.41, 5.74) is 6.67. The maximum Gasteiger partial charge on any atom is 0.253 e. The van der Waals surface area contributed by atoms with Crippen molar-refractivity contribution in [3.05, 3.63) is 27.7 Å². The summed E-state index contributed by atoms with van der Waals surface area (Å²) in [6.45, 7) is 3.83. The van der Waals surface area contributed by atoms with Crippen molar-refractivity contribution in [2.24, 2.45) is 5.92 Å². The maximum atomic E-state index is 12.6. The molecule has 2 rings (SSSR count). The third-order valence-corrected chi connectivity index (χ3v) is 4.95. The summed E-state index contributed by atoms with van der Waals surface area (Å²) in [6, 6.07) is 3.22. The van der Waals surface area contributed by atoms with Crippen LogP contribution in [-0.4, -0.2) is 23.9 Å². The van der Waals surface area contributed by atoms with Gasteiger partial charge in [0.15, 0.2) is 0 Å². The Morgan fingerprint density at radius 1 is 1.33 bits per heavy atom. The van der Waals surface area contributed by atoms with Crippen molar-refractivity contribution < 1.29 is 4.79 Å². The van der Waals surface area contributed by atoms with Crippen LogP contribution in [0.1, 0.15) is 49.4 Å². The molecule has 0 aliphatic carbocycles. The number of nitrogens with two attached hydrogens (primary N) is 1. The van der Waals surface area contributed by atoms with Gasteiger partial charge in [0, 0.05) is 18.7 Å². The van der Waals surface area contributed by atoms with Crippen molar-refractivity contribution in [3.8, 4) is 0 Å². The molecule has 0 aromatic heterocycles. The van der Waals surface area contributed by atoms with Crippen LogP contribution in [-0.2, 0) is 0 Å². The highest BCUT2D eigenvalue weighted by atomic mass is 35.5. The van der Waals surface area contributed by atoms with Crippen molar-refractivity contribution >= 4 is 34.8 Å². The van der Waals surface area contributed by atoms with Gasteiger partial charge < -0.3 is 10.6 Å². The number of amides is 1. The molecule has 1 aliphatic rings. The van der Waals surface area contributed by atoms with Crippen molar-refractivity contribution in [2.75, 3.05) is 18.8 Å². The van der Waals surface area contributed by atoms with Gasteiger partial charge in [0.1, 0.15) is 0 Å². The summed E-state index contributed by atoms with van der Waals surface area (Å²) < 4.78 is 0. The molecule has 21 heavy (non-hydrogen) atoms. The minimum absolute atomic E-state index is 0.00239. The van der Waals surface area contributed by atoms with E-state index in [1.165, 1.54) is 19.3 Å². The molecule has 3 nitrogen and oxygen atoms in total. The minimum atomic E-state index is -0.00239. The van der Waals surface area contributed by atoms with E-state index >= 15 is 0 Å². The van der Waals surface area contributed by atoms with Crippen LogP contribution in [0.4, 0.5) is 5.69 Å². The second-order valence-corrected chi connectivity index (χ2v) is 6.52. The zero-order valence-corrected chi connectivity index (χ0v) is 13.9. The zero-order chi connectivity index (χ0) is 15.4. The number of nitrogen functional groups attached to an aromatic ring is 1. The lowest BCUT2D eigenvalue weighted by Gasteiger charge is -2.21. The standard InChI is InChI=1S/C16H22Cl2N2O/c1-2-4-11-5-3-7-20(8-6-11)16(21)12-9-13(17)15(18)14(19)10-12/h9-11H,2-8,19H2,1H3. The van der Waals surface area contributed by atoms with Crippen LogP contribution in [0.15, 0.2) is 12.1 Å². The van der Waals surface area contributed by atoms with E-state index in [9.17, 15) is 4.79 Å². The molecule has 2 N–H and O–H groups in total. The fourth-order valence-electron chi connectivity index (χ4n) is 2.98. The third-order valence-electron chi connectivity index (χ3n) is 4.14. The normalized spacial score (nSPS) is 19.4. The largest absolute Gasteiger partial charge is 0.397 e. The highest BCUT2D eigenvalue weighted by Gasteiger charge is 2.22. The van der Waals surface area contributed by atoms with Gasteiger partial charge in [-0.25, -0.2) is 0 Å². The first-order chi connectivity index (χ1) is 10.0. The molecule has 1 heterocycles. The lowest BCUT2D eigenvalue weighted by atomic mass is 9.96.